The van der Waals surface area contributed by atoms with Gasteiger partial charge in [0.1, 0.15) is 0 Å². The Hall–Kier alpha value is -0.520. The van der Waals surface area contributed by atoms with Crippen LogP contribution in [0, 0.1) is 5.41 Å². The molecule has 1 fully saturated rings. The van der Waals surface area contributed by atoms with Crippen LogP contribution in [0.2, 0.25) is 0 Å². The molecule has 2 aliphatic carbocycles. The predicted octanol–water partition coefficient (Wildman–Crippen LogP) is 3.84. The molecule has 0 radical (unpaired) electrons. The fraction of sp³-hybridized carbons (Fsp3) is 0.667. The van der Waals surface area contributed by atoms with Crippen molar-refractivity contribution in [1.82, 2.24) is 0 Å². The van der Waals surface area contributed by atoms with Crippen LogP contribution >= 0.6 is 0 Å². The molecule has 0 aromatic heterocycles. The van der Waals surface area contributed by atoms with Crippen molar-refractivity contribution in [3.8, 4) is 0 Å². The molecule has 0 atom stereocenters. The first-order valence-electron chi connectivity index (χ1n) is 4.95. The molecule has 0 heterocycles. The summed E-state index contributed by atoms with van der Waals surface area (Å²) in [6.07, 6.45) is 7.74. The van der Waals surface area contributed by atoms with Crippen LogP contribution in [-0.2, 0) is 0 Å². The highest BCUT2D eigenvalue weighted by Gasteiger charge is 2.24. The van der Waals surface area contributed by atoms with E-state index in [1.165, 1.54) is 25.7 Å². The third kappa shape index (κ3) is 1.48. The van der Waals surface area contributed by atoms with E-state index in [-0.39, 0.29) is 0 Å². The number of rotatable bonds is 1. The predicted molar refractivity (Wildman–Crippen MR) is 53.0 cm³/mol. The lowest BCUT2D eigenvalue weighted by atomic mass is 9.86. The van der Waals surface area contributed by atoms with Gasteiger partial charge >= 0.3 is 0 Å². The minimum absolute atomic E-state index is 0.462. The van der Waals surface area contributed by atoms with Gasteiger partial charge < -0.3 is 0 Å². The minimum atomic E-state index is 0.462. The molecule has 0 spiro atoms. The maximum atomic E-state index is 2.45. The molecule has 2 aliphatic rings. The van der Waals surface area contributed by atoms with Crippen molar-refractivity contribution in [2.24, 2.45) is 5.41 Å². The van der Waals surface area contributed by atoms with E-state index in [1.54, 1.807) is 16.7 Å². The second-order valence-electron chi connectivity index (χ2n) is 5.35. The first-order valence-corrected chi connectivity index (χ1v) is 4.95. The smallest absolute Gasteiger partial charge is 0.00992 e. The molecule has 0 amide bonds. The lowest BCUT2D eigenvalue weighted by Crippen LogP contribution is -2.06. The Labute approximate surface area is 75.4 Å². The van der Waals surface area contributed by atoms with Gasteiger partial charge in [0.15, 0.2) is 0 Å². The van der Waals surface area contributed by atoms with Crippen molar-refractivity contribution in [3.05, 3.63) is 22.8 Å². The van der Waals surface area contributed by atoms with Crippen LogP contribution in [0.4, 0.5) is 0 Å². The number of hydrogen-bond acceptors (Lipinski definition) is 0. The molecule has 0 N–H and O–H groups in total. The maximum absolute atomic E-state index is 2.45. The van der Waals surface area contributed by atoms with Crippen molar-refractivity contribution in [2.75, 3.05) is 0 Å². The lowest BCUT2D eigenvalue weighted by Gasteiger charge is -2.20. The summed E-state index contributed by atoms with van der Waals surface area (Å²) >= 11 is 0. The molecule has 0 heteroatoms. The van der Waals surface area contributed by atoms with Crippen LogP contribution in [0.5, 0.6) is 0 Å². The zero-order chi connectivity index (χ0) is 8.77. The highest BCUT2D eigenvalue weighted by Crippen LogP contribution is 2.42. The van der Waals surface area contributed by atoms with Crippen LogP contribution in [0.1, 0.15) is 46.5 Å². The normalized spacial score (nSPS) is 22.1. The highest BCUT2D eigenvalue weighted by atomic mass is 14.3. The molecule has 0 unspecified atom stereocenters. The van der Waals surface area contributed by atoms with Crippen molar-refractivity contribution < 1.29 is 0 Å². The molecular formula is C12H18. The Morgan fingerprint density at radius 2 is 2.00 bits per heavy atom. The van der Waals surface area contributed by atoms with E-state index in [2.05, 4.69) is 26.8 Å². The molecule has 0 saturated heterocycles. The van der Waals surface area contributed by atoms with E-state index in [1.807, 2.05) is 0 Å². The standard InChI is InChI=1S/C12H18/c1-12(2,3)8-11-7-9-4-5-10(11)6-9/h7H,4-6,8H2,1-3H3. The lowest BCUT2D eigenvalue weighted by molar-refractivity contribution is 0.411. The van der Waals surface area contributed by atoms with Gasteiger partial charge in [-0.25, -0.2) is 0 Å². The summed E-state index contributed by atoms with van der Waals surface area (Å²) < 4.78 is 0. The Balaban J connectivity index is 2.12. The monoisotopic (exact) mass is 162 g/mol. The van der Waals surface area contributed by atoms with Gasteiger partial charge in [-0.1, -0.05) is 38.0 Å². The van der Waals surface area contributed by atoms with Gasteiger partial charge in [-0.2, -0.15) is 0 Å². The largest absolute Gasteiger partial charge is 0.0656 e. The molecule has 2 rings (SSSR count). The Kier molecular flexibility index (Phi) is 1.67. The second kappa shape index (κ2) is 2.48. The first kappa shape index (κ1) is 8.10. The third-order valence-electron chi connectivity index (χ3n) is 2.74. The van der Waals surface area contributed by atoms with Crippen molar-refractivity contribution >= 4 is 0 Å². The fourth-order valence-corrected chi connectivity index (χ4v) is 2.26. The highest BCUT2D eigenvalue weighted by molar-refractivity contribution is 5.44. The van der Waals surface area contributed by atoms with E-state index in [0.29, 0.717) is 5.41 Å². The van der Waals surface area contributed by atoms with Gasteiger partial charge in [0.05, 0.1) is 0 Å². The molecule has 2 bridgehead atoms. The van der Waals surface area contributed by atoms with Crippen molar-refractivity contribution in [2.45, 2.75) is 46.5 Å². The molecule has 12 heavy (non-hydrogen) atoms. The fourth-order valence-electron chi connectivity index (χ4n) is 2.26. The SMILES string of the molecule is CC(C)(C)CC1=C2CCC(=C1)C2. The van der Waals surface area contributed by atoms with E-state index >= 15 is 0 Å². The minimum Gasteiger partial charge on any atom is -0.0656 e. The Morgan fingerprint density at radius 3 is 2.42 bits per heavy atom. The van der Waals surface area contributed by atoms with E-state index < -0.39 is 0 Å². The summed E-state index contributed by atoms with van der Waals surface area (Å²) in [5.74, 6) is 0. The number of fused-ring (bicyclic) bond motifs is 2. The summed E-state index contributed by atoms with van der Waals surface area (Å²) in [5.41, 5.74) is 5.54. The number of allylic oxidation sites excluding steroid dienone is 4. The average Bonchev–Trinajstić information content (AvgIpc) is 2.42. The second-order valence-corrected chi connectivity index (χ2v) is 5.35. The summed E-state index contributed by atoms with van der Waals surface area (Å²) in [5, 5.41) is 0. The van der Waals surface area contributed by atoms with Gasteiger partial charge in [0, 0.05) is 0 Å². The quantitative estimate of drug-likeness (QED) is 0.549. The number of hydrogen-bond donors (Lipinski definition) is 0. The molecule has 0 nitrogen and oxygen atoms in total. The summed E-state index contributed by atoms with van der Waals surface area (Å²) in [4.78, 5) is 0. The molecule has 0 aliphatic heterocycles. The van der Waals surface area contributed by atoms with Gasteiger partial charge in [-0.05, 0) is 36.7 Å². The molecular weight excluding hydrogens is 144 g/mol. The summed E-state index contributed by atoms with van der Waals surface area (Å²) in [6.45, 7) is 6.97. The van der Waals surface area contributed by atoms with Gasteiger partial charge in [0.25, 0.3) is 0 Å². The summed E-state index contributed by atoms with van der Waals surface area (Å²) in [7, 11) is 0. The zero-order valence-corrected chi connectivity index (χ0v) is 8.41. The molecule has 66 valence electrons. The Morgan fingerprint density at radius 1 is 1.25 bits per heavy atom. The van der Waals surface area contributed by atoms with Crippen molar-refractivity contribution in [3.63, 3.8) is 0 Å². The van der Waals surface area contributed by atoms with Crippen molar-refractivity contribution in [1.29, 1.82) is 0 Å². The van der Waals surface area contributed by atoms with Gasteiger partial charge in [-0.15, -0.1) is 0 Å². The van der Waals surface area contributed by atoms with Crippen LogP contribution in [0.25, 0.3) is 0 Å². The van der Waals surface area contributed by atoms with Crippen LogP contribution in [0.3, 0.4) is 0 Å². The van der Waals surface area contributed by atoms with Crippen LogP contribution in [0.15, 0.2) is 22.8 Å². The topological polar surface area (TPSA) is 0 Å². The van der Waals surface area contributed by atoms with Gasteiger partial charge in [-0.3, -0.25) is 0 Å². The van der Waals surface area contributed by atoms with E-state index in [4.69, 9.17) is 0 Å². The van der Waals surface area contributed by atoms with E-state index in [9.17, 15) is 0 Å². The molecule has 1 saturated carbocycles. The molecule has 0 aromatic carbocycles. The average molecular weight is 162 g/mol. The summed E-state index contributed by atoms with van der Waals surface area (Å²) in [6, 6.07) is 0. The Bertz CT molecular complexity index is 258. The van der Waals surface area contributed by atoms with Crippen LogP contribution < -0.4 is 0 Å². The third-order valence-corrected chi connectivity index (χ3v) is 2.74. The van der Waals surface area contributed by atoms with Gasteiger partial charge in [0.2, 0.25) is 0 Å². The van der Waals surface area contributed by atoms with Crippen LogP contribution in [-0.4, -0.2) is 0 Å². The maximum Gasteiger partial charge on any atom is -0.00992 e. The molecule has 0 aromatic rings. The van der Waals surface area contributed by atoms with E-state index in [0.717, 1.165) is 0 Å². The first-order chi connectivity index (χ1) is 5.54. The zero-order valence-electron chi connectivity index (χ0n) is 8.41.